The molecule has 0 bridgehead atoms. The van der Waals surface area contributed by atoms with Crippen molar-refractivity contribution in [2.45, 2.75) is 83.3 Å². The predicted octanol–water partition coefficient (Wildman–Crippen LogP) is 2.51. The van der Waals surface area contributed by atoms with E-state index in [-0.39, 0.29) is 23.7 Å². The lowest BCUT2D eigenvalue weighted by Crippen LogP contribution is -2.47. The highest BCUT2D eigenvalue weighted by molar-refractivity contribution is 4.99. The van der Waals surface area contributed by atoms with Gasteiger partial charge in [0, 0.05) is 6.04 Å². The van der Waals surface area contributed by atoms with E-state index in [9.17, 15) is 0 Å². The first-order valence-corrected chi connectivity index (χ1v) is 8.64. The van der Waals surface area contributed by atoms with Crippen LogP contribution in [0.25, 0.3) is 0 Å². The largest absolute Gasteiger partial charge is 0.372 e. The maximum absolute atomic E-state index is 6.04. The third-order valence-corrected chi connectivity index (χ3v) is 4.79. The van der Waals surface area contributed by atoms with E-state index in [1.54, 1.807) is 0 Å². The summed E-state index contributed by atoms with van der Waals surface area (Å²) >= 11 is 0. The molecule has 0 aromatic heterocycles. The van der Waals surface area contributed by atoms with Crippen molar-refractivity contribution in [2.75, 3.05) is 19.8 Å². The Labute approximate surface area is 128 Å². The van der Waals surface area contributed by atoms with Crippen LogP contribution in [0.3, 0.4) is 0 Å². The van der Waals surface area contributed by atoms with E-state index in [0.29, 0.717) is 18.7 Å². The number of nitrogens with one attached hydrogen (secondary N) is 1. The van der Waals surface area contributed by atoms with Gasteiger partial charge in [-0.15, -0.1) is 0 Å². The molecule has 2 saturated heterocycles. The van der Waals surface area contributed by atoms with Crippen molar-refractivity contribution in [3.05, 3.63) is 0 Å². The van der Waals surface area contributed by atoms with Gasteiger partial charge in [-0.3, -0.25) is 0 Å². The topological polar surface area (TPSA) is 39.7 Å². The van der Waals surface area contributed by atoms with Crippen LogP contribution >= 0.6 is 0 Å². The van der Waals surface area contributed by atoms with Gasteiger partial charge in [0.05, 0.1) is 25.9 Å². The van der Waals surface area contributed by atoms with Gasteiger partial charge < -0.3 is 19.5 Å². The fourth-order valence-corrected chi connectivity index (χ4v) is 3.68. The van der Waals surface area contributed by atoms with E-state index >= 15 is 0 Å². The molecule has 1 aliphatic carbocycles. The lowest BCUT2D eigenvalue weighted by Gasteiger charge is -2.28. The lowest BCUT2D eigenvalue weighted by molar-refractivity contribution is -0.0537. The summed E-state index contributed by atoms with van der Waals surface area (Å²) < 4.78 is 18.0. The van der Waals surface area contributed by atoms with Crippen molar-refractivity contribution in [3.8, 4) is 0 Å². The number of ether oxygens (including phenoxy) is 3. The average molecular weight is 297 g/mol. The van der Waals surface area contributed by atoms with Crippen molar-refractivity contribution in [1.82, 2.24) is 5.32 Å². The van der Waals surface area contributed by atoms with Crippen molar-refractivity contribution in [1.29, 1.82) is 0 Å². The van der Waals surface area contributed by atoms with Gasteiger partial charge in [0.25, 0.3) is 0 Å². The van der Waals surface area contributed by atoms with E-state index in [1.807, 2.05) is 0 Å². The summed E-state index contributed by atoms with van der Waals surface area (Å²) in [5.41, 5.74) is 0.191. The lowest BCUT2D eigenvalue weighted by atomic mass is 9.94. The van der Waals surface area contributed by atoms with Gasteiger partial charge >= 0.3 is 0 Å². The molecule has 3 rings (SSSR count). The molecule has 0 radical (unpaired) electrons. The molecule has 0 amide bonds. The number of hydrogen-bond acceptors (Lipinski definition) is 4. The van der Waals surface area contributed by atoms with E-state index in [1.165, 1.54) is 32.1 Å². The fourth-order valence-electron chi connectivity index (χ4n) is 3.68. The van der Waals surface area contributed by atoms with Crippen molar-refractivity contribution >= 4 is 0 Å². The van der Waals surface area contributed by atoms with Gasteiger partial charge in [-0.1, -0.05) is 40.0 Å². The average Bonchev–Trinajstić information content (AvgIpc) is 3.00. The Hall–Kier alpha value is -0.160. The van der Waals surface area contributed by atoms with Crippen LogP contribution in [0.15, 0.2) is 0 Å². The molecule has 0 unspecified atom stereocenters. The van der Waals surface area contributed by atoms with Gasteiger partial charge in [0.2, 0.25) is 0 Å². The molecule has 3 fully saturated rings. The minimum atomic E-state index is 0.104. The van der Waals surface area contributed by atoms with Gasteiger partial charge in [-0.05, 0) is 18.3 Å². The van der Waals surface area contributed by atoms with E-state index in [0.717, 1.165) is 13.2 Å². The summed E-state index contributed by atoms with van der Waals surface area (Å²) in [7, 11) is 0. The second kappa shape index (κ2) is 6.53. The predicted molar refractivity (Wildman–Crippen MR) is 82.5 cm³/mol. The maximum atomic E-state index is 6.04. The van der Waals surface area contributed by atoms with Crippen LogP contribution in [0.1, 0.15) is 52.9 Å². The number of rotatable bonds is 4. The smallest absolute Gasteiger partial charge is 0.114 e. The van der Waals surface area contributed by atoms with Crippen LogP contribution in [-0.4, -0.2) is 50.2 Å². The normalized spacial score (nSPS) is 37.9. The first kappa shape index (κ1) is 15.7. The first-order chi connectivity index (χ1) is 10.0. The molecule has 3 aliphatic rings. The monoisotopic (exact) mass is 297 g/mol. The summed E-state index contributed by atoms with van der Waals surface area (Å²) in [5.74, 6) is 0. The summed E-state index contributed by atoms with van der Waals surface area (Å²) in [6.07, 6.45) is 7.12. The zero-order valence-electron chi connectivity index (χ0n) is 13.8. The fraction of sp³-hybridized carbons (Fsp3) is 1.00. The minimum absolute atomic E-state index is 0.104. The van der Waals surface area contributed by atoms with E-state index < -0.39 is 0 Å². The molecule has 122 valence electrons. The second-order valence-electron chi connectivity index (χ2n) is 8.11. The highest BCUT2D eigenvalue weighted by Crippen LogP contribution is 2.31. The molecule has 2 heterocycles. The Kier molecular flexibility index (Phi) is 4.89. The Balaban J connectivity index is 1.49. The molecule has 21 heavy (non-hydrogen) atoms. The van der Waals surface area contributed by atoms with Gasteiger partial charge in [-0.25, -0.2) is 0 Å². The molecule has 4 heteroatoms. The zero-order valence-corrected chi connectivity index (χ0v) is 13.8. The van der Waals surface area contributed by atoms with Crippen LogP contribution in [0.5, 0.6) is 0 Å². The van der Waals surface area contributed by atoms with Crippen LogP contribution < -0.4 is 5.32 Å². The summed E-state index contributed by atoms with van der Waals surface area (Å²) in [6.45, 7) is 8.79. The molecular weight excluding hydrogens is 266 g/mol. The highest BCUT2D eigenvalue weighted by atomic mass is 16.6. The highest BCUT2D eigenvalue weighted by Gasteiger charge is 2.48. The quantitative estimate of drug-likeness (QED) is 0.865. The summed E-state index contributed by atoms with van der Waals surface area (Å²) in [6, 6.07) is 1.01. The van der Waals surface area contributed by atoms with Crippen molar-refractivity contribution in [3.63, 3.8) is 0 Å². The summed E-state index contributed by atoms with van der Waals surface area (Å²) in [5, 5.41) is 3.78. The van der Waals surface area contributed by atoms with Crippen LogP contribution in [0, 0.1) is 5.41 Å². The first-order valence-electron chi connectivity index (χ1n) is 8.64. The van der Waals surface area contributed by atoms with Crippen LogP contribution in [0.4, 0.5) is 0 Å². The Bertz CT molecular complexity index is 335. The molecule has 2 aliphatic heterocycles. The molecule has 4 atom stereocenters. The number of hydrogen-bond donors (Lipinski definition) is 1. The maximum Gasteiger partial charge on any atom is 0.114 e. The number of fused-ring (bicyclic) bond motifs is 1. The molecule has 0 aromatic carbocycles. The molecule has 4 nitrogen and oxygen atoms in total. The van der Waals surface area contributed by atoms with Crippen LogP contribution in [-0.2, 0) is 14.2 Å². The Morgan fingerprint density at radius 1 is 1.00 bits per heavy atom. The summed E-state index contributed by atoms with van der Waals surface area (Å²) in [4.78, 5) is 0. The van der Waals surface area contributed by atoms with Gasteiger partial charge in [0.1, 0.15) is 18.3 Å². The Morgan fingerprint density at radius 2 is 1.71 bits per heavy atom. The standard InChI is InChI=1S/C17H31NO3/c1-17(2,3)11-21-14-10-20-15-13(9-19-16(14)15)18-12-7-5-4-6-8-12/h12-16,18H,4-11H2,1-3H3/t13-,14-,15-,16-/m1/s1. The molecule has 0 spiro atoms. The SMILES string of the molecule is CC(C)(C)CO[C@@H]1CO[C@H]2[C@@H]1OC[C@H]2NC1CCCCC1. The van der Waals surface area contributed by atoms with Gasteiger partial charge in [-0.2, -0.15) is 0 Å². The second-order valence-corrected chi connectivity index (χ2v) is 8.11. The third-order valence-electron chi connectivity index (χ3n) is 4.79. The van der Waals surface area contributed by atoms with Crippen molar-refractivity contribution in [2.24, 2.45) is 5.41 Å². The molecule has 1 N–H and O–H groups in total. The van der Waals surface area contributed by atoms with E-state index in [2.05, 4.69) is 26.1 Å². The minimum Gasteiger partial charge on any atom is -0.372 e. The third kappa shape index (κ3) is 3.98. The molecule has 0 aromatic rings. The zero-order chi connectivity index (χ0) is 14.9. The molecule has 1 saturated carbocycles. The van der Waals surface area contributed by atoms with E-state index in [4.69, 9.17) is 14.2 Å². The van der Waals surface area contributed by atoms with Crippen LogP contribution in [0.2, 0.25) is 0 Å². The van der Waals surface area contributed by atoms with Crippen molar-refractivity contribution < 1.29 is 14.2 Å². The molecular formula is C17H31NO3. The Morgan fingerprint density at radius 3 is 2.43 bits per heavy atom. The van der Waals surface area contributed by atoms with Gasteiger partial charge in [0.15, 0.2) is 0 Å².